The van der Waals surface area contributed by atoms with E-state index in [9.17, 15) is 4.39 Å². The van der Waals surface area contributed by atoms with Crippen molar-refractivity contribution in [2.45, 2.75) is 18.9 Å². The number of rotatable bonds is 3. The van der Waals surface area contributed by atoms with Crippen LogP contribution in [0.25, 0.3) is 0 Å². The van der Waals surface area contributed by atoms with Crippen LogP contribution in [-0.2, 0) is 6.42 Å². The van der Waals surface area contributed by atoms with E-state index in [1.165, 1.54) is 6.07 Å². The lowest BCUT2D eigenvalue weighted by Crippen LogP contribution is -2.24. The third-order valence-corrected chi connectivity index (χ3v) is 3.27. The zero-order chi connectivity index (χ0) is 13.2. The van der Waals surface area contributed by atoms with Crippen LogP contribution in [0.2, 0.25) is 0 Å². The first-order valence-corrected chi connectivity index (χ1v) is 6.43. The lowest BCUT2D eigenvalue weighted by molar-refractivity contribution is 0.474. The van der Waals surface area contributed by atoms with Crippen LogP contribution >= 0.6 is 0 Å². The minimum absolute atomic E-state index is 0.0333. The summed E-state index contributed by atoms with van der Waals surface area (Å²) < 4.78 is 15.2. The van der Waals surface area contributed by atoms with Crippen molar-refractivity contribution in [2.24, 2.45) is 5.73 Å². The third-order valence-electron chi connectivity index (χ3n) is 3.27. The van der Waals surface area contributed by atoms with Crippen LogP contribution in [0, 0.1) is 5.82 Å². The van der Waals surface area contributed by atoms with Crippen LogP contribution in [0.3, 0.4) is 0 Å². The first-order valence-electron chi connectivity index (χ1n) is 6.43. The molecule has 0 amide bonds. The predicted molar refractivity (Wildman–Crippen MR) is 70.4 cm³/mol. The summed E-state index contributed by atoms with van der Waals surface area (Å²) in [5.41, 5.74) is 6.45. The van der Waals surface area contributed by atoms with E-state index in [1.54, 1.807) is 12.1 Å². The molecule has 0 aliphatic carbocycles. The zero-order valence-corrected chi connectivity index (χ0v) is 10.5. The van der Waals surface area contributed by atoms with Gasteiger partial charge in [0.15, 0.2) is 5.82 Å². The Bertz CT molecular complexity index is 580. The summed E-state index contributed by atoms with van der Waals surface area (Å²) in [7, 11) is 0. The smallest absolute Gasteiger partial charge is 0.221 e. The van der Waals surface area contributed by atoms with Gasteiger partial charge in [-0.2, -0.15) is 10.1 Å². The molecular formula is C13H16FN5. The summed E-state index contributed by atoms with van der Waals surface area (Å²) in [5.74, 6) is 1.25. The van der Waals surface area contributed by atoms with Gasteiger partial charge in [-0.15, -0.1) is 0 Å². The van der Waals surface area contributed by atoms with Crippen molar-refractivity contribution in [3.05, 3.63) is 41.5 Å². The van der Waals surface area contributed by atoms with Crippen LogP contribution in [0.1, 0.15) is 23.9 Å². The van der Waals surface area contributed by atoms with Crippen LogP contribution in [0.15, 0.2) is 24.3 Å². The highest BCUT2D eigenvalue weighted by Gasteiger charge is 2.24. The van der Waals surface area contributed by atoms with Gasteiger partial charge in [-0.25, -0.2) is 9.07 Å². The van der Waals surface area contributed by atoms with Crippen LogP contribution in [-0.4, -0.2) is 27.9 Å². The minimum atomic E-state index is -0.222. The minimum Gasteiger partial charge on any atom is -0.354 e. The first kappa shape index (κ1) is 12.1. The van der Waals surface area contributed by atoms with Crippen LogP contribution in [0.4, 0.5) is 10.3 Å². The molecule has 0 spiro atoms. The van der Waals surface area contributed by atoms with Gasteiger partial charge in [0.25, 0.3) is 0 Å². The largest absolute Gasteiger partial charge is 0.354 e. The van der Waals surface area contributed by atoms with E-state index in [0.717, 1.165) is 30.3 Å². The van der Waals surface area contributed by atoms with Crippen molar-refractivity contribution in [3.8, 4) is 0 Å². The van der Waals surface area contributed by atoms with Crippen molar-refractivity contribution in [3.63, 3.8) is 0 Å². The van der Waals surface area contributed by atoms with Crippen LogP contribution < -0.4 is 11.1 Å². The number of nitrogens with one attached hydrogen (secondary N) is 1. The number of hydrogen-bond donors (Lipinski definition) is 2. The van der Waals surface area contributed by atoms with Gasteiger partial charge in [-0.1, -0.05) is 12.1 Å². The SMILES string of the molecule is NCCc1nc2n(n1)C(c1cccc(F)c1)CCN2. The highest BCUT2D eigenvalue weighted by Crippen LogP contribution is 2.28. The molecule has 2 heterocycles. The molecule has 6 heteroatoms. The Balaban J connectivity index is 1.97. The lowest BCUT2D eigenvalue weighted by atomic mass is 10.0. The van der Waals surface area contributed by atoms with Crippen molar-refractivity contribution in [1.82, 2.24) is 14.8 Å². The van der Waals surface area contributed by atoms with Gasteiger partial charge in [0, 0.05) is 13.0 Å². The molecule has 0 bridgehead atoms. The van der Waals surface area contributed by atoms with Gasteiger partial charge in [-0.3, -0.25) is 0 Å². The monoisotopic (exact) mass is 261 g/mol. The number of benzene rings is 1. The molecule has 3 rings (SSSR count). The van der Waals surface area contributed by atoms with Crippen molar-refractivity contribution < 1.29 is 4.39 Å². The Hall–Kier alpha value is -1.95. The predicted octanol–water partition coefficient (Wildman–Crippen LogP) is 1.32. The van der Waals surface area contributed by atoms with Crippen molar-refractivity contribution in [1.29, 1.82) is 0 Å². The molecule has 1 unspecified atom stereocenters. The fourth-order valence-corrected chi connectivity index (χ4v) is 2.41. The fourth-order valence-electron chi connectivity index (χ4n) is 2.41. The second-order valence-corrected chi connectivity index (χ2v) is 4.62. The fraction of sp³-hybridized carbons (Fsp3) is 0.385. The molecular weight excluding hydrogens is 245 g/mol. The summed E-state index contributed by atoms with van der Waals surface area (Å²) in [6.07, 6.45) is 1.51. The summed E-state index contributed by atoms with van der Waals surface area (Å²) >= 11 is 0. The third kappa shape index (κ3) is 2.31. The van der Waals surface area contributed by atoms with Gasteiger partial charge in [-0.05, 0) is 30.7 Å². The molecule has 0 saturated heterocycles. The van der Waals surface area contributed by atoms with Gasteiger partial charge >= 0.3 is 0 Å². The Morgan fingerprint density at radius 3 is 3.16 bits per heavy atom. The number of aromatic nitrogens is 3. The molecule has 5 nitrogen and oxygen atoms in total. The van der Waals surface area contributed by atoms with E-state index >= 15 is 0 Å². The van der Waals surface area contributed by atoms with Gasteiger partial charge in [0.05, 0.1) is 6.04 Å². The summed E-state index contributed by atoms with van der Waals surface area (Å²) in [6.45, 7) is 1.33. The molecule has 1 atom stereocenters. The van der Waals surface area contributed by atoms with Crippen molar-refractivity contribution >= 4 is 5.95 Å². The Labute approximate surface area is 110 Å². The number of nitrogens with two attached hydrogens (primary N) is 1. The molecule has 0 saturated carbocycles. The topological polar surface area (TPSA) is 68.8 Å². The maximum Gasteiger partial charge on any atom is 0.221 e. The molecule has 1 aliphatic heterocycles. The maximum atomic E-state index is 13.3. The second kappa shape index (κ2) is 4.97. The maximum absolute atomic E-state index is 13.3. The van der Waals surface area contributed by atoms with Crippen LogP contribution in [0.5, 0.6) is 0 Å². The number of halogens is 1. The summed E-state index contributed by atoms with van der Waals surface area (Å²) in [6, 6.07) is 6.69. The molecule has 100 valence electrons. The molecule has 1 aromatic heterocycles. The Morgan fingerprint density at radius 1 is 1.47 bits per heavy atom. The highest BCUT2D eigenvalue weighted by atomic mass is 19.1. The average Bonchev–Trinajstić information content (AvgIpc) is 2.81. The molecule has 19 heavy (non-hydrogen) atoms. The lowest BCUT2D eigenvalue weighted by Gasteiger charge is -2.24. The van der Waals surface area contributed by atoms with E-state index < -0.39 is 0 Å². The molecule has 1 aliphatic rings. The normalized spacial score (nSPS) is 17.9. The van der Waals surface area contributed by atoms with Gasteiger partial charge in [0.1, 0.15) is 5.82 Å². The highest BCUT2D eigenvalue weighted by molar-refractivity contribution is 5.33. The standard InChI is InChI=1S/C13H16FN5/c14-10-3-1-2-9(8-10)11-5-7-16-13-17-12(4-6-15)18-19(11)13/h1-3,8,11H,4-7,15H2,(H,16,17,18). The summed E-state index contributed by atoms with van der Waals surface area (Å²) in [5, 5.41) is 7.68. The van der Waals surface area contributed by atoms with E-state index in [2.05, 4.69) is 15.4 Å². The Kier molecular flexibility index (Phi) is 3.16. The number of nitrogens with zero attached hydrogens (tertiary/aromatic N) is 3. The molecule has 3 N–H and O–H groups in total. The second-order valence-electron chi connectivity index (χ2n) is 4.62. The summed E-state index contributed by atoms with van der Waals surface area (Å²) in [4.78, 5) is 4.41. The molecule has 0 fully saturated rings. The first-order chi connectivity index (χ1) is 9.28. The van der Waals surface area contributed by atoms with E-state index in [0.29, 0.717) is 13.0 Å². The van der Waals surface area contributed by atoms with Crippen molar-refractivity contribution in [2.75, 3.05) is 18.4 Å². The van der Waals surface area contributed by atoms with E-state index in [-0.39, 0.29) is 11.9 Å². The average molecular weight is 261 g/mol. The zero-order valence-electron chi connectivity index (χ0n) is 10.5. The quantitative estimate of drug-likeness (QED) is 0.874. The van der Waals surface area contributed by atoms with Gasteiger partial charge in [0.2, 0.25) is 5.95 Å². The molecule has 0 radical (unpaired) electrons. The molecule has 1 aromatic carbocycles. The number of hydrogen-bond acceptors (Lipinski definition) is 4. The van der Waals surface area contributed by atoms with E-state index in [4.69, 9.17) is 5.73 Å². The number of fused-ring (bicyclic) bond motifs is 1. The van der Waals surface area contributed by atoms with E-state index in [1.807, 2.05) is 10.7 Å². The number of anilines is 1. The molecule has 2 aromatic rings. The van der Waals surface area contributed by atoms with Gasteiger partial charge < -0.3 is 11.1 Å². The Morgan fingerprint density at radius 2 is 2.37 bits per heavy atom.